The molecule has 0 amide bonds. The van der Waals surface area contributed by atoms with Crippen molar-refractivity contribution in [2.75, 3.05) is 20.2 Å². The summed E-state index contributed by atoms with van der Waals surface area (Å²) in [5.74, 6) is 1.60. The average molecular weight is 290 g/mol. The minimum Gasteiger partial charge on any atom is -0.491 e. The molecule has 5 heteroatoms. The Hall–Kier alpha value is -1.82. The normalized spacial score (nSPS) is 12.6. The lowest BCUT2D eigenvalue weighted by atomic mass is 10.2. The summed E-state index contributed by atoms with van der Waals surface area (Å²) < 4.78 is 10.9. The summed E-state index contributed by atoms with van der Waals surface area (Å²) in [4.78, 5) is 1.99. The Balaban J connectivity index is 1.74. The van der Waals surface area contributed by atoms with Gasteiger partial charge in [0.2, 0.25) is 0 Å². The number of furan rings is 1. The Kier molecular flexibility index (Phi) is 5.80. The van der Waals surface area contributed by atoms with Gasteiger partial charge in [0.25, 0.3) is 0 Å². The standard InChI is InChI=1S/C16H22N2O3/c1-18(11-16-6-3-7-20-16)10-14(19)12-21-15-5-2-4-13(8-15)9-17/h2-8,14,19H,9-12,17H2,1H3. The molecule has 0 aliphatic carbocycles. The van der Waals surface area contributed by atoms with Crippen molar-refractivity contribution in [2.45, 2.75) is 19.2 Å². The lowest BCUT2D eigenvalue weighted by molar-refractivity contribution is 0.0725. The summed E-state index contributed by atoms with van der Waals surface area (Å²) in [5, 5.41) is 10.0. The summed E-state index contributed by atoms with van der Waals surface area (Å²) in [7, 11) is 1.93. The predicted molar refractivity (Wildman–Crippen MR) is 80.9 cm³/mol. The van der Waals surface area contributed by atoms with Crippen molar-refractivity contribution in [3.63, 3.8) is 0 Å². The van der Waals surface area contributed by atoms with Crippen LogP contribution in [0.4, 0.5) is 0 Å². The van der Waals surface area contributed by atoms with Crippen LogP contribution in [0, 0.1) is 0 Å². The third kappa shape index (κ3) is 5.23. The van der Waals surface area contributed by atoms with Gasteiger partial charge in [-0.2, -0.15) is 0 Å². The van der Waals surface area contributed by atoms with E-state index in [9.17, 15) is 5.11 Å². The first-order valence-corrected chi connectivity index (χ1v) is 6.98. The number of likely N-dealkylation sites (N-methyl/N-ethyl adjacent to an activating group) is 1. The van der Waals surface area contributed by atoms with Gasteiger partial charge in [-0.1, -0.05) is 12.1 Å². The number of aliphatic hydroxyl groups excluding tert-OH is 1. The summed E-state index contributed by atoms with van der Waals surface area (Å²) in [6.45, 7) is 1.89. The van der Waals surface area contributed by atoms with Crippen LogP contribution in [0.15, 0.2) is 47.1 Å². The van der Waals surface area contributed by atoms with Crippen LogP contribution in [0.5, 0.6) is 5.75 Å². The highest BCUT2D eigenvalue weighted by Crippen LogP contribution is 2.13. The highest BCUT2D eigenvalue weighted by Gasteiger charge is 2.10. The molecule has 2 aromatic rings. The van der Waals surface area contributed by atoms with E-state index >= 15 is 0 Å². The van der Waals surface area contributed by atoms with Gasteiger partial charge in [-0.05, 0) is 36.9 Å². The maximum atomic E-state index is 10.0. The van der Waals surface area contributed by atoms with E-state index in [1.54, 1.807) is 6.26 Å². The Labute approximate surface area is 124 Å². The van der Waals surface area contributed by atoms with Gasteiger partial charge in [0.05, 0.1) is 12.8 Å². The molecule has 0 saturated carbocycles. The predicted octanol–water partition coefficient (Wildman–Crippen LogP) is 1.61. The van der Waals surface area contributed by atoms with Gasteiger partial charge in [0, 0.05) is 13.1 Å². The van der Waals surface area contributed by atoms with Crippen LogP contribution in [-0.4, -0.2) is 36.3 Å². The fourth-order valence-electron chi connectivity index (χ4n) is 2.10. The topological polar surface area (TPSA) is 71.9 Å². The third-order valence-electron chi connectivity index (χ3n) is 3.10. The van der Waals surface area contributed by atoms with Gasteiger partial charge in [0.1, 0.15) is 24.2 Å². The van der Waals surface area contributed by atoms with E-state index in [0.717, 1.165) is 17.1 Å². The van der Waals surface area contributed by atoms with Crippen molar-refractivity contribution in [3.8, 4) is 5.75 Å². The van der Waals surface area contributed by atoms with Crippen LogP contribution in [0.2, 0.25) is 0 Å². The van der Waals surface area contributed by atoms with E-state index < -0.39 is 6.10 Å². The van der Waals surface area contributed by atoms with Crippen molar-refractivity contribution in [2.24, 2.45) is 5.73 Å². The smallest absolute Gasteiger partial charge is 0.119 e. The highest BCUT2D eigenvalue weighted by atomic mass is 16.5. The molecule has 0 radical (unpaired) electrons. The SMILES string of the molecule is CN(Cc1ccco1)CC(O)COc1cccc(CN)c1. The maximum Gasteiger partial charge on any atom is 0.119 e. The average Bonchev–Trinajstić information content (AvgIpc) is 2.98. The first-order valence-electron chi connectivity index (χ1n) is 6.98. The van der Waals surface area contributed by atoms with E-state index in [2.05, 4.69) is 0 Å². The van der Waals surface area contributed by atoms with E-state index in [0.29, 0.717) is 19.6 Å². The summed E-state index contributed by atoms with van der Waals surface area (Å²) in [5.41, 5.74) is 6.60. The van der Waals surface area contributed by atoms with E-state index in [-0.39, 0.29) is 6.61 Å². The molecule has 1 aromatic heterocycles. The minimum absolute atomic E-state index is 0.247. The van der Waals surface area contributed by atoms with Crippen LogP contribution in [0.25, 0.3) is 0 Å². The van der Waals surface area contributed by atoms with Crippen LogP contribution >= 0.6 is 0 Å². The summed E-state index contributed by atoms with van der Waals surface area (Å²) in [6.07, 6.45) is 1.08. The molecule has 5 nitrogen and oxygen atoms in total. The zero-order valence-corrected chi connectivity index (χ0v) is 12.2. The van der Waals surface area contributed by atoms with Gasteiger partial charge in [-0.3, -0.25) is 4.90 Å². The lowest BCUT2D eigenvalue weighted by Gasteiger charge is -2.20. The van der Waals surface area contributed by atoms with Crippen molar-refractivity contribution in [3.05, 3.63) is 54.0 Å². The van der Waals surface area contributed by atoms with E-state index in [4.69, 9.17) is 14.9 Å². The number of aliphatic hydroxyl groups is 1. The number of nitrogens with zero attached hydrogens (tertiary/aromatic N) is 1. The number of nitrogens with two attached hydrogens (primary N) is 1. The number of hydrogen-bond donors (Lipinski definition) is 2. The molecule has 1 atom stereocenters. The molecule has 1 unspecified atom stereocenters. The van der Waals surface area contributed by atoms with Gasteiger partial charge in [0.15, 0.2) is 0 Å². The monoisotopic (exact) mass is 290 g/mol. The van der Waals surface area contributed by atoms with Crippen LogP contribution in [0.3, 0.4) is 0 Å². The fourth-order valence-corrected chi connectivity index (χ4v) is 2.10. The molecule has 0 bridgehead atoms. The van der Waals surface area contributed by atoms with Crippen LogP contribution < -0.4 is 10.5 Å². The number of ether oxygens (including phenoxy) is 1. The quantitative estimate of drug-likeness (QED) is 0.773. The highest BCUT2D eigenvalue weighted by molar-refractivity contribution is 5.28. The molecule has 1 aromatic carbocycles. The summed E-state index contributed by atoms with van der Waals surface area (Å²) >= 11 is 0. The van der Waals surface area contributed by atoms with E-state index in [1.165, 1.54) is 0 Å². The molecule has 3 N–H and O–H groups in total. The molecular weight excluding hydrogens is 268 g/mol. The molecular formula is C16H22N2O3. The molecule has 0 aliphatic rings. The third-order valence-corrected chi connectivity index (χ3v) is 3.10. The zero-order valence-electron chi connectivity index (χ0n) is 12.2. The molecule has 21 heavy (non-hydrogen) atoms. The van der Waals surface area contributed by atoms with Crippen molar-refractivity contribution < 1.29 is 14.3 Å². The van der Waals surface area contributed by atoms with Crippen molar-refractivity contribution in [1.29, 1.82) is 0 Å². The first kappa shape index (κ1) is 15.6. The maximum absolute atomic E-state index is 10.0. The van der Waals surface area contributed by atoms with Gasteiger partial charge >= 0.3 is 0 Å². The van der Waals surface area contributed by atoms with Gasteiger partial charge in [-0.15, -0.1) is 0 Å². The second-order valence-corrected chi connectivity index (χ2v) is 5.09. The zero-order chi connectivity index (χ0) is 15.1. The first-order chi connectivity index (χ1) is 10.2. The Morgan fingerprint density at radius 3 is 2.90 bits per heavy atom. The van der Waals surface area contributed by atoms with Crippen molar-refractivity contribution >= 4 is 0 Å². The minimum atomic E-state index is -0.563. The van der Waals surface area contributed by atoms with E-state index in [1.807, 2.05) is 48.3 Å². The Bertz CT molecular complexity index is 528. The second-order valence-electron chi connectivity index (χ2n) is 5.09. The van der Waals surface area contributed by atoms with Gasteiger partial charge in [-0.25, -0.2) is 0 Å². The van der Waals surface area contributed by atoms with Gasteiger partial charge < -0.3 is 20.0 Å². The van der Waals surface area contributed by atoms with Crippen LogP contribution in [0.1, 0.15) is 11.3 Å². The number of benzene rings is 1. The molecule has 114 valence electrons. The largest absolute Gasteiger partial charge is 0.491 e. The second kappa shape index (κ2) is 7.83. The Morgan fingerprint density at radius 2 is 2.19 bits per heavy atom. The molecule has 0 fully saturated rings. The molecule has 1 heterocycles. The molecule has 0 aliphatic heterocycles. The summed E-state index contributed by atoms with van der Waals surface area (Å²) in [6, 6.07) is 11.4. The number of rotatable bonds is 8. The lowest BCUT2D eigenvalue weighted by Crippen LogP contribution is -2.32. The molecule has 0 spiro atoms. The van der Waals surface area contributed by atoms with Crippen molar-refractivity contribution in [1.82, 2.24) is 4.90 Å². The Morgan fingerprint density at radius 1 is 1.33 bits per heavy atom. The number of hydrogen-bond acceptors (Lipinski definition) is 5. The molecule has 0 saturated heterocycles. The molecule has 2 rings (SSSR count). The fraction of sp³-hybridized carbons (Fsp3) is 0.375. The van der Waals surface area contributed by atoms with Crippen LogP contribution in [-0.2, 0) is 13.1 Å².